The van der Waals surface area contributed by atoms with Crippen molar-refractivity contribution in [3.05, 3.63) is 48.8 Å². The molecule has 1 aromatic carbocycles. The van der Waals surface area contributed by atoms with Gasteiger partial charge in [0, 0.05) is 48.8 Å². The number of nitrogens with one attached hydrogen (secondary N) is 1. The summed E-state index contributed by atoms with van der Waals surface area (Å²) in [6, 6.07) is 11.5. The Labute approximate surface area is 136 Å². The SMILES string of the molecule is COc1cccc(NC(=O)C2CCN(c3ccncc3)CC2)c1. The Morgan fingerprint density at radius 1 is 1.22 bits per heavy atom. The summed E-state index contributed by atoms with van der Waals surface area (Å²) in [5.74, 6) is 0.891. The Kier molecular flexibility index (Phi) is 4.76. The molecule has 5 heteroatoms. The van der Waals surface area contributed by atoms with Gasteiger partial charge in [-0.2, -0.15) is 0 Å². The molecule has 2 heterocycles. The predicted octanol–water partition coefficient (Wildman–Crippen LogP) is 2.95. The van der Waals surface area contributed by atoms with Gasteiger partial charge >= 0.3 is 0 Å². The molecule has 3 rings (SSSR count). The molecule has 1 aromatic heterocycles. The van der Waals surface area contributed by atoms with Crippen molar-refractivity contribution in [1.82, 2.24) is 4.98 Å². The van der Waals surface area contributed by atoms with Gasteiger partial charge in [0.25, 0.3) is 0 Å². The number of hydrogen-bond acceptors (Lipinski definition) is 4. The molecule has 5 nitrogen and oxygen atoms in total. The molecule has 23 heavy (non-hydrogen) atoms. The summed E-state index contributed by atoms with van der Waals surface area (Å²) < 4.78 is 5.18. The van der Waals surface area contributed by atoms with E-state index < -0.39 is 0 Å². The lowest BCUT2D eigenvalue weighted by atomic mass is 9.95. The lowest BCUT2D eigenvalue weighted by molar-refractivity contribution is -0.120. The van der Waals surface area contributed by atoms with Crippen molar-refractivity contribution >= 4 is 17.3 Å². The van der Waals surface area contributed by atoms with Crippen LogP contribution in [0.25, 0.3) is 0 Å². The molecular formula is C18H21N3O2. The monoisotopic (exact) mass is 311 g/mol. The van der Waals surface area contributed by atoms with E-state index >= 15 is 0 Å². The molecule has 1 fully saturated rings. The Balaban J connectivity index is 1.56. The topological polar surface area (TPSA) is 54.5 Å². The van der Waals surface area contributed by atoms with E-state index in [4.69, 9.17) is 4.74 Å². The third kappa shape index (κ3) is 3.80. The highest BCUT2D eigenvalue weighted by atomic mass is 16.5. The first-order valence-electron chi connectivity index (χ1n) is 7.86. The normalized spacial score (nSPS) is 15.3. The summed E-state index contributed by atoms with van der Waals surface area (Å²) in [6.45, 7) is 1.78. The van der Waals surface area contributed by atoms with Gasteiger partial charge in [0.15, 0.2) is 0 Å². The summed E-state index contributed by atoms with van der Waals surface area (Å²) in [6.07, 6.45) is 5.32. The fourth-order valence-electron chi connectivity index (χ4n) is 2.90. The molecule has 0 unspecified atom stereocenters. The van der Waals surface area contributed by atoms with E-state index in [-0.39, 0.29) is 11.8 Å². The van der Waals surface area contributed by atoms with Crippen LogP contribution in [-0.2, 0) is 4.79 Å². The van der Waals surface area contributed by atoms with Crippen molar-refractivity contribution in [2.75, 3.05) is 30.4 Å². The van der Waals surface area contributed by atoms with E-state index in [0.29, 0.717) is 0 Å². The van der Waals surface area contributed by atoms with Gasteiger partial charge in [0.2, 0.25) is 5.91 Å². The molecule has 0 radical (unpaired) electrons. The molecule has 0 spiro atoms. The fourth-order valence-corrected chi connectivity index (χ4v) is 2.90. The standard InChI is InChI=1S/C18H21N3O2/c1-23-17-4-2-3-15(13-17)20-18(22)14-7-11-21(12-8-14)16-5-9-19-10-6-16/h2-6,9-10,13-14H,7-8,11-12H2,1H3,(H,20,22). The average molecular weight is 311 g/mol. The highest BCUT2D eigenvalue weighted by molar-refractivity contribution is 5.92. The Hall–Kier alpha value is -2.56. The van der Waals surface area contributed by atoms with Gasteiger partial charge < -0.3 is 15.0 Å². The number of rotatable bonds is 4. The van der Waals surface area contributed by atoms with Crippen molar-refractivity contribution in [1.29, 1.82) is 0 Å². The van der Waals surface area contributed by atoms with Crippen molar-refractivity contribution in [3.8, 4) is 5.75 Å². The number of pyridine rings is 1. The second kappa shape index (κ2) is 7.13. The zero-order valence-electron chi connectivity index (χ0n) is 13.2. The minimum atomic E-state index is 0.0549. The molecule has 0 atom stereocenters. The van der Waals surface area contributed by atoms with Gasteiger partial charge in [-0.3, -0.25) is 9.78 Å². The van der Waals surface area contributed by atoms with Crippen LogP contribution < -0.4 is 15.0 Å². The quantitative estimate of drug-likeness (QED) is 0.943. The predicted molar refractivity (Wildman–Crippen MR) is 90.8 cm³/mol. The number of ether oxygens (including phenoxy) is 1. The van der Waals surface area contributed by atoms with E-state index in [2.05, 4.69) is 15.2 Å². The van der Waals surface area contributed by atoms with Crippen LogP contribution in [0.1, 0.15) is 12.8 Å². The zero-order chi connectivity index (χ0) is 16.1. The number of methoxy groups -OCH3 is 1. The van der Waals surface area contributed by atoms with Gasteiger partial charge in [0.05, 0.1) is 7.11 Å². The molecule has 1 saturated heterocycles. The summed E-state index contributed by atoms with van der Waals surface area (Å²) >= 11 is 0. The second-order valence-electron chi connectivity index (χ2n) is 5.69. The third-order valence-corrected chi connectivity index (χ3v) is 4.23. The fraction of sp³-hybridized carbons (Fsp3) is 0.333. The number of carbonyl (C=O) groups is 1. The maximum absolute atomic E-state index is 12.4. The van der Waals surface area contributed by atoms with E-state index in [0.717, 1.165) is 37.4 Å². The number of hydrogen-bond donors (Lipinski definition) is 1. The van der Waals surface area contributed by atoms with Crippen molar-refractivity contribution in [3.63, 3.8) is 0 Å². The lowest BCUT2D eigenvalue weighted by Crippen LogP contribution is -2.38. The summed E-state index contributed by atoms with van der Waals surface area (Å²) in [4.78, 5) is 18.8. The van der Waals surface area contributed by atoms with Crippen LogP contribution >= 0.6 is 0 Å². The first-order valence-corrected chi connectivity index (χ1v) is 7.86. The van der Waals surface area contributed by atoms with Gasteiger partial charge in [-0.1, -0.05) is 6.07 Å². The Morgan fingerprint density at radius 2 is 1.96 bits per heavy atom. The van der Waals surface area contributed by atoms with Crippen LogP contribution in [-0.4, -0.2) is 31.1 Å². The van der Waals surface area contributed by atoms with Gasteiger partial charge in [-0.15, -0.1) is 0 Å². The maximum atomic E-state index is 12.4. The van der Waals surface area contributed by atoms with Gasteiger partial charge in [-0.05, 0) is 37.1 Å². The van der Waals surface area contributed by atoms with E-state index in [1.807, 2.05) is 36.4 Å². The molecular weight excluding hydrogens is 290 g/mol. The molecule has 1 aliphatic heterocycles. The molecule has 2 aromatic rings. The van der Waals surface area contributed by atoms with Crippen molar-refractivity contribution in [2.24, 2.45) is 5.92 Å². The molecule has 0 aliphatic carbocycles. The number of carbonyl (C=O) groups excluding carboxylic acids is 1. The molecule has 1 aliphatic rings. The minimum absolute atomic E-state index is 0.0549. The highest BCUT2D eigenvalue weighted by Gasteiger charge is 2.25. The Morgan fingerprint density at radius 3 is 2.65 bits per heavy atom. The van der Waals surface area contributed by atoms with Crippen molar-refractivity contribution < 1.29 is 9.53 Å². The molecule has 0 bridgehead atoms. The summed E-state index contributed by atoms with van der Waals surface area (Å²) in [5, 5.41) is 2.99. The average Bonchev–Trinajstić information content (AvgIpc) is 2.63. The Bertz CT molecular complexity index is 652. The van der Waals surface area contributed by atoms with Crippen LogP contribution in [0.15, 0.2) is 48.8 Å². The zero-order valence-corrected chi connectivity index (χ0v) is 13.2. The number of aromatic nitrogens is 1. The number of benzene rings is 1. The first kappa shape index (κ1) is 15.3. The first-order chi connectivity index (χ1) is 11.3. The number of nitrogens with zero attached hydrogens (tertiary/aromatic N) is 2. The minimum Gasteiger partial charge on any atom is -0.497 e. The van der Waals surface area contributed by atoms with E-state index in [1.54, 1.807) is 19.5 Å². The molecule has 120 valence electrons. The van der Waals surface area contributed by atoms with E-state index in [1.165, 1.54) is 5.69 Å². The van der Waals surface area contributed by atoms with Crippen LogP contribution in [0.5, 0.6) is 5.75 Å². The molecule has 0 saturated carbocycles. The molecule has 1 N–H and O–H groups in total. The maximum Gasteiger partial charge on any atom is 0.227 e. The molecule has 1 amide bonds. The summed E-state index contributed by atoms with van der Waals surface area (Å²) in [7, 11) is 1.62. The highest BCUT2D eigenvalue weighted by Crippen LogP contribution is 2.24. The van der Waals surface area contributed by atoms with Crippen LogP contribution in [0.3, 0.4) is 0 Å². The third-order valence-electron chi connectivity index (χ3n) is 4.23. The van der Waals surface area contributed by atoms with Crippen LogP contribution in [0.2, 0.25) is 0 Å². The lowest BCUT2D eigenvalue weighted by Gasteiger charge is -2.32. The van der Waals surface area contributed by atoms with Gasteiger partial charge in [0.1, 0.15) is 5.75 Å². The number of amides is 1. The smallest absolute Gasteiger partial charge is 0.227 e. The van der Waals surface area contributed by atoms with E-state index in [9.17, 15) is 4.79 Å². The van der Waals surface area contributed by atoms with Crippen LogP contribution in [0.4, 0.5) is 11.4 Å². The summed E-state index contributed by atoms with van der Waals surface area (Å²) in [5.41, 5.74) is 1.96. The van der Waals surface area contributed by atoms with Crippen molar-refractivity contribution in [2.45, 2.75) is 12.8 Å². The number of piperidine rings is 1. The van der Waals surface area contributed by atoms with Crippen LogP contribution in [0, 0.1) is 5.92 Å². The van der Waals surface area contributed by atoms with Gasteiger partial charge in [-0.25, -0.2) is 0 Å². The number of anilines is 2. The largest absolute Gasteiger partial charge is 0.497 e. The second-order valence-corrected chi connectivity index (χ2v) is 5.69.